The molecular formula is C17H12F3N3. The Morgan fingerprint density at radius 3 is 2.35 bits per heavy atom. The van der Waals surface area contributed by atoms with Crippen molar-refractivity contribution in [1.29, 1.82) is 5.26 Å². The SMILES string of the molecule is Cc1ccc(-n2cc(C#N)c3c(C(F)(F)F)cc(C)nc32)cc1. The van der Waals surface area contributed by atoms with Gasteiger partial charge in [0.2, 0.25) is 0 Å². The average Bonchev–Trinajstić information content (AvgIpc) is 2.84. The minimum absolute atomic E-state index is 0.0413. The largest absolute Gasteiger partial charge is 0.417 e. The zero-order valence-electron chi connectivity index (χ0n) is 12.4. The molecule has 0 unspecified atom stereocenters. The van der Waals surface area contributed by atoms with E-state index in [1.54, 1.807) is 12.1 Å². The first-order chi connectivity index (χ1) is 10.8. The Bertz CT molecular complexity index is 929. The third-order valence-electron chi connectivity index (χ3n) is 3.62. The lowest BCUT2D eigenvalue weighted by atomic mass is 10.1. The fraction of sp³-hybridized carbons (Fsp3) is 0.176. The summed E-state index contributed by atoms with van der Waals surface area (Å²) in [6, 6.07) is 10.1. The van der Waals surface area contributed by atoms with Gasteiger partial charge in [-0.2, -0.15) is 18.4 Å². The Kier molecular flexibility index (Phi) is 3.37. The van der Waals surface area contributed by atoms with Gasteiger partial charge in [-0.3, -0.25) is 4.57 Å². The topological polar surface area (TPSA) is 41.6 Å². The Morgan fingerprint density at radius 1 is 1.13 bits per heavy atom. The van der Waals surface area contributed by atoms with E-state index in [0.29, 0.717) is 5.69 Å². The van der Waals surface area contributed by atoms with Gasteiger partial charge < -0.3 is 0 Å². The van der Waals surface area contributed by atoms with E-state index in [4.69, 9.17) is 0 Å². The lowest BCUT2D eigenvalue weighted by Gasteiger charge is -2.11. The second-order valence-electron chi connectivity index (χ2n) is 5.37. The van der Waals surface area contributed by atoms with Gasteiger partial charge in [-0.1, -0.05) is 17.7 Å². The molecule has 0 aliphatic carbocycles. The molecule has 3 rings (SSSR count). The van der Waals surface area contributed by atoms with Crippen molar-refractivity contribution in [2.75, 3.05) is 0 Å². The van der Waals surface area contributed by atoms with Gasteiger partial charge in [0.15, 0.2) is 0 Å². The van der Waals surface area contributed by atoms with E-state index in [1.807, 2.05) is 25.1 Å². The van der Waals surface area contributed by atoms with Crippen LogP contribution in [0, 0.1) is 25.2 Å². The smallest absolute Gasteiger partial charge is 0.300 e. The summed E-state index contributed by atoms with van der Waals surface area (Å²) in [6.45, 7) is 3.43. The van der Waals surface area contributed by atoms with Crippen molar-refractivity contribution in [2.24, 2.45) is 0 Å². The molecule has 116 valence electrons. The van der Waals surface area contributed by atoms with Gasteiger partial charge in [0.1, 0.15) is 11.7 Å². The first kappa shape index (κ1) is 15.1. The third kappa shape index (κ3) is 2.55. The average molecular weight is 315 g/mol. The first-order valence-corrected chi connectivity index (χ1v) is 6.88. The number of benzene rings is 1. The van der Waals surface area contributed by atoms with E-state index >= 15 is 0 Å². The molecule has 23 heavy (non-hydrogen) atoms. The van der Waals surface area contributed by atoms with E-state index in [1.165, 1.54) is 17.7 Å². The lowest BCUT2D eigenvalue weighted by molar-refractivity contribution is -0.136. The highest BCUT2D eigenvalue weighted by atomic mass is 19.4. The molecule has 0 spiro atoms. The maximum Gasteiger partial charge on any atom is 0.417 e. The molecule has 0 aliphatic rings. The van der Waals surface area contributed by atoms with Gasteiger partial charge in [-0.25, -0.2) is 4.98 Å². The van der Waals surface area contributed by atoms with Crippen LogP contribution in [0.5, 0.6) is 0 Å². The molecule has 0 radical (unpaired) electrons. The predicted molar refractivity (Wildman–Crippen MR) is 80.3 cm³/mol. The Morgan fingerprint density at radius 2 is 1.78 bits per heavy atom. The maximum atomic E-state index is 13.3. The third-order valence-corrected chi connectivity index (χ3v) is 3.62. The fourth-order valence-corrected chi connectivity index (χ4v) is 2.56. The maximum absolute atomic E-state index is 13.3. The van der Waals surface area contributed by atoms with Crippen LogP contribution in [-0.2, 0) is 6.18 Å². The van der Waals surface area contributed by atoms with Gasteiger partial charge in [0.05, 0.1) is 11.1 Å². The number of rotatable bonds is 1. The summed E-state index contributed by atoms with van der Waals surface area (Å²) < 4.78 is 41.5. The number of pyridine rings is 1. The van der Waals surface area contributed by atoms with Crippen LogP contribution in [0.15, 0.2) is 36.5 Å². The molecule has 3 nitrogen and oxygen atoms in total. The van der Waals surface area contributed by atoms with Crippen LogP contribution in [-0.4, -0.2) is 9.55 Å². The molecule has 0 N–H and O–H groups in total. The van der Waals surface area contributed by atoms with Crippen LogP contribution in [0.3, 0.4) is 0 Å². The molecule has 2 heterocycles. The number of nitrogens with zero attached hydrogens (tertiary/aromatic N) is 3. The van der Waals surface area contributed by atoms with E-state index in [2.05, 4.69) is 4.98 Å². The summed E-state index contributed by atoms with van der Waals surface area (Å²) in [5.74, 6) is 0. The standard InChI is InChI=1S/C17H12F3N3/c1-10-3-5-13(6-4-10)23-9-12(8-21)15-14(17(18,19)20)7-11(2)22-16(15)23/h3-7,9H,1-2H3. The van der Waals surface area contributed by atoms with E-state index in [0.717, 1.165) is 11.6 Å². The molecule has 2 aromatic heterocycles. The summed E-state index contributed by atoms with van der Waals surface area (Å²) in [5.41, 5.74) is 1.21. The molecule has 3 aromatic rings. The molecule has 6 heteroatoms. The number of aryl methyl sites for hydroxylation is 2. The summed E-state index contributed by atoms with van der Waals surface area (Å²) in [4.78, 5) is 4.23. The summed E-state index contributed by atoms with van der Waals surface area (Å²) in [5, 5.41) is 9.08. The van der Waals surface area contributed by atoms with Crippen molar-refractivity contribution in [3.05, 3.63) is 58.9 Å². The molecule has 0 saturated heterocycles. The van der Waals surface area contributed by atoms with Crippen LogP contribution in [0.25, 0.3) is 16.7 Å². The molecular weight excluding hydrogens is 303 g/mol. The predicted octanol–water partition coefficient (Wildman–Crippen LogP) is 4.53. The zero-order valence-corrected chi connectivity index (χ0v) is 12.4. The number of halogens is 3. The zero-order chi connectivity index (χ0) is 16.8. The van der Waals surface area contributed by atoms with Gasteiger partial charge in [-0.15, -0.1) is 0 Å². The lowest BCUT2D eigenvalue weighted by Crippen LogP contribution is -2.08. The van der Waals surface area contributed by atoms with E-state index < -0.39 is 11.7 Å². The van der Waals surface area contributed by atoms with Crippen molar-refractivity contribution in [2.45, 2.75) is 20.0 Å². The summed E-state index contributed by atoms with van der Waals surface area (Å²) in [6.07, 6.45) is -3.14. The number of hydrogen-bond acceptors (Lipinski definition) is 2. The van der Waals surface area contributed by atoms with Crippen molar-refractivity contribution in [3.63, 3.8) is 0 Å². The highest BCUT2D eigenvalue weighted by molar-refractivity contribution is 5.88. The Balaban J connectivity index is 2.40. The van der Waals surface area contributed by atoms with Crippen LogP contribution < -0.4 is 0 Å². The quantitative estimate of drug-likeness (QED) is 0.662. The van der Waals surface area contributed by atoms with Crippen LogP contribution >= 0.6 is 0 Å². The molecule has 0 saturated carbocycles. The molecule has 0 fully saturated rings. The van der Waals surface area contributed by atoms with Gasteiger partial charge in [-0.05, 0) is 32.0 Å². The number of fused-ring (bicyclic) bond motifs is 1. The normalized spacial score (nSPS) is 11.7. The second kappa shape index (κ2) is 5.13. The van der Waals surface area contributed by atoms with Crippen LogP contribution in [0.4, 0.5) is 13.2 Å². The van der Waals surface area contributed by atoms with E-state index in [-0.39, 0.29) is 22.3 Å². The molecule has 0 atom stereocenters. The fourth-order valence-electron chi connectivity index (χ4n) is 2.56. The monoisotopic (exact) mass is 315 g/mol. The Hall–Kier alpha value is -2.81. The van der Waals surface area contributed by atoms with Gasteiger partial charge in [0, 0.05) is 23.0 Å². The molecule has 0 bridgehead atoms. The minimum atomic E-state index is -4.54. The minimum Gasteiger partial charge on any atom is -0.300 e. The number of nitriles is 1. The van der Waals surface area contributed by atoms with Crippen molar-refractivity contribution in [3.8, 4) is 11.8 Å². The van der Waals surface area contributed by atoms with E-state index in [9.17, 15) is 18.4 Å². The van der Waals surface area contributed by atoms with Crippen LogP contribution in [0.1, 0.15) is 22.4 Å². The first-order valence-electron chi connectivity index (χ1n) is 6.88. The molecule has 1 aromatic carbocycles. The molecule has 0 amide bonds. The summed E-state index contributed by atoms with van der Waals surface area (Å²) >= 11 is 0. The highest BCUT2D eigenvalue weighted by Gasteiger charge is 2.35. The second-order valence-corrected chi connectivity index (χ2v) is 5.37. The summed E-state index contributed by atoms with van der Waals surface area (Å²) in [7, 11) is 0. The number of alkyl halides is 3. The number of aromatic nitrogens is 2. The number of hydrogen-bond donors (Lipinski definition) is 0. The Labute approximate surface area is 130 Å². The van der Waals surface area contributed by atoms with Crippen molar-refractivity contribution >= 4 is 11.0 Å². The van der Waals surface area contributed by atoms with Crippen molar-refractivity contribution < 1.29 is 13.2 Å². The highest BCUT2D eigenvalue weighted by Crippen LogP contribution is 2.37. The van der Waals surface area contributed by atoms with Gasteiger partial charge in [0.25, 0.3) is 0 Å². The van der Waals surface area contributed by atoms with Crippen LogP contribution in [0.2, 0.25) is 0 Å². The van der Waals surface area contributed by atoms with Gasteiger partial charge >= 0.3 is 6.18 Å². The van der Waals surface area contributed by atoms with Crippen molar-refractivity contribution in [1.82, 2.24) is 9.55 Å². The molecule has 0 aliphatic heterocycles.